The number of nitrogens with one attached hydrogen (secondary N) is 1. The van der Waals surface area contributed by atoms with Gasteiger partial charge in [0.1, 0.15) is 0 Å². The van der Waals surface area contributed by atoms with Crippen LogP contribution in [0.3, 0.4) is 0 Å². The molecule has 0 bridgehead atoms. The molecule has 0 saturated heterocycles. The van der Waals surface area contributed by atoms with Crippen LogP contribution in [0.5, 0.6) is 0 Å². The summed E-state index contributed by atoms with van der Waals surface area (Å²) >= 11 is 1.44. The molecule has 8 heteroatoms. The minimum atomic E-state index is -3.80. The molecule has 3 aromatic carbocycles. The van der Waals surface area contributed by atoms with E-state index < -0.39 is 10.0 Å². The first-order chi connectivity index (χ1) is 14.3. The summed E-state index contributed by atoms with van der Waals surface area (Å²) in [7, 11) is -0.419. The molecule has 0 fully saturated rings. The van der Waals surface area contributed by atoms with Crippen molar-refractivity contribution in [1.82, 2.24) is 9.13 Å². The van der Waals surface area contributed by atoms with Gasteiger partial charge in [-0.1, -0.05) is 48.2 Å². The number of imidazole rings is 1. The third-order valence-corrected chi connectivity index (χ3v) is 7.56. The molecule has 0 radical (unpaired) electrons. The Hall–Kier alpha value is -2.97. The largest absolute Gasteiger partial charge is 0.328 e. The summed E-state index contributed by atoms with van der Waals surface area (Å²) in [5, 5.41) is 0. The van der Waals surface area contributed by atoms with Crippen molar-refractivity contribution in [2.75, 3.05) is 4.72 Å². The van der Waals surface area contributed by atoms with Crippen LogP contribution >= 0.6 is 11.8 Å². The van der Waals surface area contributed by atoms with Gasteiger partial charge >= 0.3 is 5.69 Å². The van der Waals surface area contributed by atoms with E-state index in [0.717, 1.165) is 10.4 Å². The molecule has 0 amide bonds. The SMILES string of the molecule is Cc1ccccc1S(=O)(=O)Nc1cc2c(cc1Sc1ccccc1)n(C)c(=O)n2C. The Morgan fingerprint density at radius 1 is 0.867 bits per heavy atom. The molecule has 0 atom stereocenters. The third kappa shape index (κ3) is 3.64. The maximum absolute atomic E-state index is 13.1. The minimum absolute atomic E-state index is 0.167. The predicted octanol–water partition coefficient (Wildman–Crippen LogP) is 4.14. The van der Waals surface area contributed by atoms with Crippen LogP contribution in [0.1, 0.15) is 5.56 Å². The number of nitrogens with zero attached hydrogens (tertiary/aromatic N) is 2. The van der Waals surface area contributed by atoms with Gasteiger partial charge in [-0.05, 0) is 42.8 Å². The normalized spacial score (nSPS) is 11.7. The lowest BCUT2D eigenvalue weighted by molar-refractivity contribution is 0.600. The molecule has 1 N–H and O–H groups in total. The van der Waals surface area contributed by atoms with E-state index in [1.807, 2.05) is 36.4 Å². The van der Waals surface area contributed by atoms with Crippen molar-refractivity contribution in [2.24, 2.45) is 14.1 Å². The maximum Gasteiger partial charge on any atom is 0.328 e. The Balaban J connectivity index is 1.88. The molecule has 1 aromatic heterocycles. The third-order valence-electron chi connectivity index (χ3n) is 4.97. The smallest absolute Gasteiger partial charge is 0.295 e. The van der Waals surface area contributed by atoms with E-state index in [1.165, 1.54) is 16.3 Å². The van der Waals surface area contributed by atoms with Crippen molar-refractivity contribution in [3.05, 3.63) is 82.8 Å². The van der Waals surface area contributed by atoms with Crippen LogP contribution in [-0.2, 0) is 24.1 Å². The Kier molecular flexibility index (Phi) is 5.21. The lowest BCUT2D eigenvalue weighted by Gasteiger charge is -2.14. The van der Waals surface area contributed by atoms with Crippen molar-refractivity contribution in [1.29, 1.82) is 0 Å². The predicted molar refractivity (Wildman–Crippen MR) is 121 cm³/mol. The molecule has 0 spiro atoms. The molecule has 0 aliphatic carbocycles. The molecule has 154 valence electrons. The van der Waals surface area contributed by atoms with Crippen LogP contribution in [0.15, 0.2) is 86.2 Å². The number of hydrogen-bond donors (Lipinski definition) is 1. The van der Waals surface area contributed by atoms with Crippen LogP contribution in [0, 0.1) is 6.92 Å². The van der Waals surface area contributed by atoms with E-state index >= 15 is 0 Å². The number of fused-ring (bicyclic) bond motifs is 1. The van der Waals surface area contributed by atoms with Crippen LogP contribution in [0.25, 0.3) is 11.0 Å². The number of anilines is 1. The van der Waals surface area contributed by atoms with Crippen LogP contribution in [0.4, 0.5) is 5.69 Å². The van der Waals surface area contributed by atoms with Crippen molar-refractivity contribution in [3.8, 4) is 0 Å². The zero-order valence-electron chi connectivity index (χ0n) is 16.8. The first-order valence-electron chi connectivity index (χ1n) is 9.29. The number of benzene rings is 3. The highest BCUT2D eigenvalue weighted by atomic mass is 32.2. The lowest BCUT2D eigenvalue weighted by Crippen LogP contribution is -2.19. The van der Waals surface area contributed by atoms with Gasteiger partial charge < -0.3 is 0 Å². The number of sulfonamides is 1. The van der Waals surface area contributed by atoms with Crippen LogP contribution in [0.2, 0.25) is 0 Å². The van der Waals surface area contributed by atoms with E-state index in [-0.39, 0.29) is 10.6 Å². The number of hydrogen-bond acceptors (Lipinski definition) is 4. The van der Waals surface area contributed by atoms with Crippen molar-refractivity contribution in [3.63, 3.8) is 0 Å². The Morgan fingerprint density at radius 3 is 2.13 bits per heavy atom. The van der Waals surface area contributed by atoms with Gasteiger partial charge in [-0.3, -0.25) is 13.9 Å². The lowest BCUT2D eigenvalue weighted by atomic mass is 10.2. The van der Waals surface area contributed by atoms with E-state index in [9.17, 15) is 13.2 Å². The Labute approximate surface area is 179 Å². The summed E-state index contributed by atoms with van der Waals surface area (Å²) in [6.07, 6.45) is 0. The van der Waals surface area contributed by atoms with E-state index in [1.54, 1.807) is 55.9 Å². The van der Waals surface area contributed by atoms with E-state index in [0.29, 0.717) is 21.7 Å². The molecule has 30 heavy (non-hydrogen) atoms. The van der Waals surface area contributed by atoms with Crippen LogP contribution in [-0.4, -0.2) is 17.6 Å². The molecule has 0 aliphatic rings. The van der Waals surface area contributed by atoms with Gasteiger partial charge in [0.25, 0.3) is 10.0 Å². The quantitative estimate of drug-likeness (QED) is 0.507. The molecular weight excluding hydrogens is 418 g/mol. The summed E-state index contributed by atoms with van der Waals surface area (Å²) in [6.45, 7) is 1.76. The average Bonchev–Trinajstić information content (AvgIpc) is 2.93. The molecule has 6 nitrogen and oxygen atoms in total. The van der Waals surface area contributed by atoms with Gasteiger partial charge in [0, 0.05) is 23.9 Å². The summed E-state index contributed by atoms with van der Waals surface area (Å²) in [4.78, 5) is 14.3. The molecule has 4 rings (SSSR count). The zero-order chi connectivity index (χ0) is 21.5. The number of rotatable bonds is 5. The molecular formula is C22H21N3O3S2. The topological polar surface area (TPSA) is 73.1 Å². The van der Waals surface area contributed by atoms with Gasteiger partial charge in [-0.2, -0.15) is 0 Å². The Morgan fingerprint density at radius 2 is 1.47 bits per heavy atom. The van der Waals surface area contributed by atoms with Gasteiger partial charge in [0.2, 0.25) is 0 Å². The first-order valence-corrected chi connectivity index (χ1v) is 11.6. The minimum Gasteiger partial charge on any atom is -0.295 e. The second-order valence-corrected chi connectivity index (χ2v) is 9.79. The highest BCUT2D eigenvalue weighted by Crippen LogP contribution is 2.37. The summed E-state index contributed by atoms with van der Waals surface area (Å²) in [5.41, 5.74) is 2.32. The molecule has 0 aliphatic heterocycles. The zero-order valence-corrected chi connectivity index (χ0v) is 18.4. The van der Waals surface area contributed by atoms with Gasteiger partial charge in [0.15, 0.2) is 0 Å². The molecule has 1 heterocycles. The van der Waals surface area contributed by atoms with E-state index in [2.05, 4.69) is 4.72 Å². The molecule has 0 saturated carbocycles. The van der Waals surface area contributed by atoms with E-state index in [4.69, 9.17) is 0 Å². The summed E-state index contributed by atoms with van der Waals surface area (Å²) in [6, 6.07) is 20.1. The molecule has 4 aromatic rings. The maximum atomic E-state index is 13.1. The number of aryl methyl sites for hydroxylation is 3. The van der Waals surface area contributed by atoms with Crippen molar-refractivity contribution in [2.45, 2.75) is 21.6 Å². The Bertz CT molecular complexity index is 1410. The number of aromatic nitrogens is 2. The average molecular weight is 440 g/mol. The molecule has 0 unspecified atom stereocenters. The van der Waals surface area contributed by atoms with Crippen LogP contribution < -0.4 is 10.4 Å². The first kappa shape index (κ1) is 20.3. The standard InChI is InChI=1S/C22H21N3O3S2/c1-15-9-7-8-12-21(15)30(27,28)23-17-13-18-19(25(3)22(26)24(18)2)14-20(17)29-16-10-5-4-6-11-16/h4-14,23H,1-3H3. The highest BCUT2D eigenvalue weighted by Gasteiger charge is 2.20. The monoisotopic (exact) mass is 439 g/mol. The van der Waals surface area contributed by atoms with Gasteiger partial charge in [0.05, 0.1) is 21.6 Å². The summed E-state index contributed by atoms with van der Waals surface area (Å²) < 4.78 is 32.1. The fraction of sp³-hybridized carbons (Fsp3) is 0.136. The fourth-order valence-electron chi connectivity index (χ4n) is 3.36. The van der Waals surface area contributed by atoms with Gasteiger partial charge in [-0.15, -0.1) is 0 Å². The highest BCUT2D eigenvalue weighted by molar-refractivity contribution is 7.99. The second-order valence-electron chi connectivity index (χ2n) is 7.02. The van der Waals surface area contributed by atoms with Crippen molar-refractivity contribution >= 4 is 38.5 Å². The van der Waals surface area contributed by atoms with Crippen molar-refractivity contribution < 1.29 is 8.42 Å². The fourth-order valence-corrected chi connectivity index (χ4v) is 5.68. The summed E-state index contributed by atoms with van der Waals surface area (Å²) in [5.74, 6) is 0. The van der Waals surface area contributed by atoms with Gasteiger partial charge in [-0.25, -0.2) is 13.2 Å². The second kappa shape index (κ2) is 7.70.